The molecule has 1 saturated heterocycles. The smallest absolute Gasteiger partial charge is 0.322 e. The molecule has 1 aliphatic heterocycles. The van der Waals surface area contributed by atoms with Gasteiger partial charge in [0.2, 0.25) is 15.9 Å². The normalized spacial score (nSPS) is 16.3. The number of alkyl halides is 3. The predicted octanol–water partition coefficient (Wildman–Crippen LogP) is 3.68. The lowest BCUT2D eigenvalue weighted by atomic mass is 10.1. The van der Waals surface area contributed by atoms with Gasteiger partial charge in [-0.2, -0.15) is 13.2 Å². The van der Waals surface area contributed by atoms with Crippen molar-refractivity contribution < 1.29 is 31.2 Å². The van der Waals surface area contributed by atoms with Gasteiger partial charge in [-0.25, -0.2) is 12.7 Å². The summed E-state index contributed by atoms with van der Waals surface area (Å²) in [5, 5.41) is 2.37. The third-order valence-electron chi connectivity index (χ3n) is 3.98. The molecule has 0 bridgehead atoms. The number of halogens is 4. The highest BCUT2D eigenvalue weighted by Gasteiger charge is 2.36. The SMILES string of the molecule is O=C(Nc1ccc(C(F)(F)F)cc1)c1cc(N2C(=O)CCS2(=O)=O)ccc1Cl. The molecule has 0 atom stereocenters. The van der Waals surface area contributed by atoms with Crippen LogP contribution in [0.3, 0.4) is 0 Å². The van der Waals surface area contributed by atoms with Gasteiger partial charge in [0.1, 0.15) is 0 Å². The number of carbonyl (C=O) groups is 2. The van der Waals surface area contributed by atoms with Crippen molar-refractivity contribution in [3.63, 3.8) is 0 Å². The average molecular weight is 433 g/mol. The Morgan fingerprint density at radius 1 is 1.11 bits per heavy atom. The Morgan fingerprint density at radius 3 is 2.29 bits per heavy atom. The maximum Gasteiger partial charge on any atom is 0.416 e. The highest BCUT2D eigenvalue weighted by Crippen LogP contribution is 2.31. The number of nitrogens with one attached hydrogen (secondary N) is 1. The monoisotopic (exact) mass is 432 g/mol. The fraction of sp³-hybridized carbons (Fsp3) is 0.176. The molecule has 6 nitrogen and oxygen atoms in total. The summed E-state index contributed by atoms with van der Waals surface area (Å²) in [4.78, 5) is 24.3. The van der Waals surface area contributed by atoms with Gasteiger partial charge in [-0.05, 0) is 42.5 Å². The first-order valence-electron chi connectivity index (χ1n) is 7.83. The van der Waals surface area contributed by atoms with E-state index >= 15 is 0 Å². The number of hydrogen-bond acceptors (Lipinski definition) is 4. The maximum atomic E-state index is 12.6. The van der Waals surface area contributed by atoms with E-state index in [1.54, 1.807) is 0 Å². The highest BCUT2D eigenvalue weighted by atomic mass is 35.5. The number of carbonyl (C=O) groups excluding carboxylic acids is 2. The van der Waals surface area contributed by atoms with E-state index < -0.39 is 33.6 Å². The first-order valence-corrected chi connectivity index (χ1v) is 9.82. The molecule has 0 unspecified atom stereocenters. The van der Waals surface area contributed by atoms with Crippen molar-refractivity contribution in [3.8, 4) is 0 Å². The van der Waals surface area contributed by atoms with Crippen LogP contribution >= 0.6 is 11.6 Å². The summed E-state index contributed by atoms with van der Waals surface area (Å²) < 4.78 is 62.5. The van der Waals surface area contributed by atoms with Gasteiger partial charge in [-0.1, -0.05) is 11.6 Å². The van der Waals surface area contributed by atoms with Gasteiger partial charge < -0.3 is 5.32 Å². The van der Waals surface area contributed by atoms with Crippen molar-refractivity contribution in [2.45, 2.75) is 12.6 Å². The Kier molecular flexibility index (Phi) is 5.11. The number of anilines is 2. The molecule has 0 radical (unpaired) electrons. The van der Waals surface area contributed by atoms with Crippen LogP contribution in [0.5, 0.6) is 0 Å². The van der Waals surface area contributed by atoms with E-state index in [9.17, 15) is 31.2 Å². The van der Waals surface area contributed by atoms with Crippen molar-refractivity contribution >= 4 is 44.8 Å². The maximum absolute atomic E-state index is 12.6. The zero-order valence-corrected chi connectivity index (χ0v) is 15.5. The molecular weight excluding hydrogens is 421 g/mol. The van der Waals surface area contributed by atoms with Crippen LogP contribution in [0.4, 0.5) is 24.5 Å². The fourth-order valence-corrected chi connectivity index (χ4v) is 4.28. The molecule has 3 rings (SSSR count). The summed E-state index contributed by atoms with van der Waals surface area (Å²) in [5.74, 6) is -1.73. The molecule has 0 aromatic heterocycles. The van der Waals surface area contributed by atoms with E-state index in [-0.39, 0.29) is 34.1 Å². The van der Waals surface area contributed by atoms with Crippen LogP contribution < -0.4 is 9.62 Å². The molecule has 1 N–H and O–H groups in total. The Hall–Kier alpha value is -2.59. The van der Waals surface area contributed by atoms with Gasteiger partial charge in [-0.15, -0.1) is 0 Å². The van der Waals surface area contributed by atoms with E-state index in [4.69, 9.17) is 11.6 Å². The Bertz CT molecular complexity index is 1050. The third kappa shape index (κ3) is 3.97. The quantitative estimate of drug-likeness (QED) is 0.802. The van der Waals surface area contributed by atoms with Crippen molar-refractivity contribution in [1.29, 1.82) is 0 Å². The van der Waals surface area contributed by atoms with Gasteiger partial charge in [0, 0.05) is 12.1 Å². The van der Waals surface area contributed by atoms with Gasteiger partial charge in [0.15, 0.2) is 0 Å². The van der Waals surface area contributed by atoms with Crippen molar-refractivity contribution in [3.05, 3.63) is 58.6 Å². The summed E-state index contributed by atoms with van der Waals surface area (Å²) >= 11 is 5.99. The first-order chi connectivity index (χ1) is 13.0. The van der Waals surface area contributed by atoms with Gasteiger partial charge in [0.25, 0.3) is 5.91 Å². The lowest BCUT2D eigenvalue weighted by Crippen LogP contribution is -2.29. The summed E-state index contributed by atoms with van der Waals surface area (Å²) in [6.45, 7) is 0. The van der Waals surface area contributed by atoms with Crippen molar-refractivity contribution in [2.24, 2.45) is 0 Å². The molecule has 28 heavy (non-hydrogen) atoms. The number of sulfonamides is 1. The molecule has 2 aromatic rings. The number of benzene rings is 2. The van der Waals surface area contributed by atoms with Crippen LogP contribution in [-0.4, -0.2) is 26.0 Å². The second-order valence-corrected chi connectivity index (χ2v) is 8.26. The molecule has 0 aliphatic carbocycles. The van der Waals surface area contributed by atoms with Crippen LogP contribution in [0.2, 0.25) is 5.02 Å². The van der Waals surface area contributed by atoms with Crippen molar-refractivity contribution in [2.75, 3.05) is 15.4 Å². The van der Waals surface area contributed by atoms with E-state index in [0.717, 1.165) is 30.3 Å². The minimum atomic E-state index is -4.51. The molecule has 148 valence electrons. The van der Waals surface area contributed by atoms with Gasteiger partial charge >= 0.3 is 6.18 Å². The first kappa shape index (κ1) is 20.2. The minimum absolute atomic E-state index is 0.0165. The van der Waals surface area contributed by atoms with E-state index in [1.165, 1.54) is 12.1 Å². The summed E-state index contributed by atoms with van der Waals surface area (Å²) in [5.41, 5.74) is -0.953. The van der Waals surface area contributed by atoms with E-state index in [1.807, 2.05) is 0 Å². The zero-order chi connectivity index (χ0) is 20.7. The third-order valence-corrected chi connectivity index (χ3v) is 6.00. The highest BCUT2D eigenvalue weighted by molar-refractivity contribution is 7.94. The molecular formula is C17H12ClF3N2O4S. The summed E-state index contributed by atoms with van der Waals surface area (Å²) in [6.07, 6.45) is -4.67. The number of hydrogen-bond donors (Lipinski definition) is 1. The van der Waals surface area contributed by atoms with E-state index in [0.29, 0.717) is 4.31 Å². The minimum Gasteiger partial charge on any atom is -0.322 e. The van der Waals surface area contributed by atoms with Crippen LogP contribution in [0.1, 0.15) is 22.3 Å². The van der Waals surface area contributed by atoms with Crippen LogP contribution in [-0.2, 0) is 21.0 Å². The number of nitrogens with zero attached hydrogens (tertiary/aromatic N) is 1. The largest absolute Gasteiger partial charge is 0.416 e. The second kappa shape index (κ2) is 7.10. The Balaban J connectivity index is 1.87. The van der Waals surface area contributed by atoms with Crippen molar-refractivity contribution in [1.82, 2.24) is 0 Å². The molecule has 1 fully saturated rings. The lowest BCUT2D eigenvalue weighted by molar-refractivity contribution is -0.137. The second-order valence-electron chi connectivity index (χ2n) is 5.92. The molecule has 11 heteroatoms. The Morgan fingerprint density at radius 2 is 1.75 bits per heavy atom. The van der Waals surface area contributed by atoms with Crippen LogP contribution in [0, 0.1) is 0 Å². The number of rotatable bonds is 3. The summed E-state index contributed by atoms with van der Waals surface area (Å²) in [7, 11) is -3.82. The van der Waals surface area contributed by atoms with Gasteiger partial charge in [-0.3, -0.25) is 9.59 Å². The Labute approximate surface area is 163 Å². The number of amides is 2. The molecule has 1 aliphatic rings. The fourth-order valence-electron chi connectivity index (χ4n) is 2.62. The average Bonchev–Trinajstić information content (AvgIpc) is 2.88. The van der Waals surface area contributed by atoms with Crippen LogP contribution in [0.25, 0.3) is 0 Å². The van der Waals surface area contributed by atoms with E-state index in [2.05, 4.69) is 5.32 Å². The standard InChI is InChI=1S/C17H12ClF3N2O4S/c18-14-6-5-12(23-15(24)7-8-28(23,26)27)9-13(14)16(25)22-11-3-1-10(2-4-11)17(19,20)21/h1-6,9H,7-8H2,(H,22,25). The lowest BCUT2D eigenvalue weighted by Gasteiger charge is -2.16. The van der Waals surface area contributed by atoms with Gasteiger partial charge in [0.05, 0.1) is 27.6 Å². The zero-order valence-electron chi connectivity index (χ0n) is 14.0. The molecule has 2 aromatic carbocycles. The molecule has 0 saturated carbocycles. The van der Waals surface area contributed by atoms with Crippen LogP contribution in [0.15, 0.2) is 42.5 Å². The molecule has 2 amide bonds. The molecule has 0 spiro atoms. The summed E-state index contributed by atoms with van der Waals surface area (Å²) in [6, 6.07) is 7.46. The predicted molar refractivity (Wildman–Crippen MR) is 96.7 cm³/mol. The molecule has 1 heterocycles. The topological polar surface area (TPSA) is 83.6 Å².